The second kappa shape index (κ2) is 5.31. The fourth-order valence-corrected chi connectivity index (χ4v) is 2.09. The lowest BCUT2D eigenvalue weighted by Crippen LogP contribution is -2.10. The van der Waals surface area contributed by atoms with E-state index in [2.05, 4.69) is 22.2 Å². The SMILES string of the molecule is CCCC1CC1Nc1cc(N)nc(COC)n1. The van der Waals surface area contributed by atoms with Gasteiger partial charge in [0, 0.05) is 19.2 Å². The summed E-state index contributed by atoms with van der Waals surface area (Å²) in [6, 6.07) is 2.33. The van der Waals surface area contributed by atoms with Gasteiger partial charge in [-0.2, -0.15) is 0 Å². The van der Waals surface area contributed by atoms with Crippen LogP contribution in [0.15, 0.2) is 6.07 Å². The maximum Gasteiger partial charge on any atom is 0.158 e. The minimum absolute atomic E-state index is 0.392. The molecular weight excluding hydrogens is 216 g/mol. The highest BCUT2D eigenvalue weighted by atomic mass is 16.5. The number of nitrogens with one attached hydrogen (secondary N) is 1. The highest BCUT2D eigenvalue weighted by Gasteiger charge is 2.36. The standard InChI is InChI=1S/C12H20N4O/c1-3-4-8-5-9(8)14-11-6-10(13)15-12(16-11)7-17-2/h6,8-9H,3-5,7H2,1-2H3,(H3,13,14,15,16). The summed E-state index contributed by atoms with van der Waals surface area (Å²) in [5.41, 5.74) is 5.73. The van der Waals surface area contributed by atoms with E-state index in [4.69, 9.17) is 10.5 Å². The molecule has 0 aromatic carbocycles. The number of anilines is 2. The Balaban J connectivity index is 1.96. The van der Waals surface area contributed by atoms with E-state index in [0.717, 1.165) is 11.7 Å². The highest BCUT2D eigenvalue weighted by molar-refractivity contribution is 5.46. The van der Waals surface area contributed by atoms with Gasteiger partial charge >= 0.3 is 0 Å². The molecule has 1 aromatic rings. The lowest BCUT2D eigenvalue weighted by Gasteiger charge is -2.07. The third kappa shape index (κ3) is 3.30. The van der Waals surface area contributed by atoms with Gasteiger partial charge in [-0.1, -0.05) is 13.3 Å². The van der Waals surface area contributed by atoms with Crippen LogP contribution in [0.1, 0.15) is 32.0 Å². The van der Waals surface area contributed by atoms with E-state index in [-0.39, 0.29) is 0 Å². The van der Waals surface area contributed by atoms with Crippen LogP contribution in [-0.4, -0.2) is 23.1 Å². The molecule has 1 saturated carbocycles. The molecule has 1 heterocycles. The minimum Gasteiger partial charge on any atom is -0.384 e. The quantitative estimate of drug-likeness (QED) is 0.788. The van der Waals surface area contributed by atoms with Crippen LogP contribution in [0.4, 0.5) is 11.6 Å². The first-order valence-electron chi connectivity index (χ1n) is 6.11. The van der Waals surface area contributed by atoms with Crippen molar-refractivity contribution in [1.29, 1.82) is 0 Å². The summed E-state index contributed by atoms with van der Waals surface area (Å²) in [5, 5.41) is 3.40. The van der Waals surface area contributed by atoms with Crippen LogP contribution in [0.3, 0.4) is 0 Å². The Morgan fingerprint density at radius 1 is 1.53 bits per heavy atom. The van der Waals surface area contributed by atoms with Crippen LogP contribution >= 0.6 is 0 Å². The Morgan fingerprint density at radius 3 is 3.06 bits per heavy atom. The van der Waals surface area contributed by atoms with Gasteiger partial charge in [-0.15, -0.1) is 0 Å². The first-order valence-corrected chi connectivity index (χ1v) is 6.11. The maximum absolute atomic E-state index is 5.73. The number of nitrogens with two attached hydrogens (primary N) is 1. The molecule has 2 atom stereocenters. The normalized spacial score (nSPS) is 22.5. The molecule has 5 nitrogen and oxygen atoms in total. The summed E-state index contributed by atoms with van der Waals surface area (Å²) in [4.78, 5) is 8.48. The van der Waals surface area contributed by atoms with Crippen LogP contribution in [0.2, 0.25) is 0 Å². The van der Waals surface area contributed by atoms with E-state index >= 15 is 0 Å². The first-order chi connectivity index (χ1) is 8.22. The third-order valence-electron chi connectivity index (χ3n) is 2.98. The first kappa shape index (κ1) is 12.1. The summed E-state index contributed by atoms with van der Waals surface area (Å²) in [6.45, 7) is 2.61. The molecule has 2 rings (SSSR count). The highest BCUT2D eigenvalue weighted by Crippen LogP contribution is 2.36. The predicted octanol–water partition coefficient (Wildman–Crippen LogP) is 1.81. The smallest absolute Gasteiger partial charge is 0.158 e. The lowest BCUT2D eigenvalue weighted by molar-refractivity contribution is 0.178. The monoisotopic (exact) mass is 236 g/mol. The number of hydrogen-bond acceptors (Lipinski definition) is 5. The van der Waals surface area contributed by atoms with Gasteiger partial charge in [0.05, 0.1) is 0 Å². The number of ether oxygens (including phenoxy) is 1. The minimum atomic E-state index is 0.392. The zero-order chi connectivity index (χ0) is 12.3. The fraction of sp³-hybridized carbons (Fsp3) is 0.667. The Morgan fingerprint density at radius 2 is 2.35 bits per heavy atom. The fourth-order valence-electron chi connectivity index (χ4n) is 2.09. The Hall–Kier alpha value is -1.36. The summed E-state index contributed by atoms with van der Waals surface area (Å²) in [7, 11) is 1.62. The molecule has 0 saturated heterocycles. The molecule has 0 amide bonds. The molecular formula is C12H20N4O. The Labute approximate surface area is 102 Å². The molecule has 1 aliphatic rings. The number of nitrogen functional groups attached to an aromatic ring is 1. The molecule has 1 aromatic heterocycles. The second-order valence-electron chi connectivity index (χ2n) is 4.56. The predicted molar refractivity (Wildman–Crippen MR) is 67.6 cm³/mol. The van der Waals surface area contributed by atoms with Crippen molar-refractivity contribution >= 4 is 11.6 Å². The van der Waals surface area contributed by atoms with Crippen molar-refractivity contribution in [3.8, 4) is 0 Å². The van der Waals surface area contributed by atoms with Crippen molar-refractivity contribution in [2.45, 2.75) is 38.8 Å². The number of nitrogens with zero attached hydrogens (tertiary/aromatic N) is 2. The van der Waals surface area contributed by atoms with E-state index in [1.807, 2.05) is 0 Å². The van der Waals surface area contributed by atoms with Crippen LogP contribution in [0, 0.1) is 5.92 Å². The lowest BCUT2D eigenvalue weighted by atomic mass is 10.2. The molecule has 17 heavy (non-hydrogen) atoms. The van der Waals surface area contributed by atoms with Crippen LogP contribution in [-0.2, 0) is 11.3 Å². The summed E-state index contributed by atoms with van der Waals surface area (Å²) < 4.78 is 5.01. The van der Waals surface area contributed by atoms with Gasteiger partial charge < -0.3 is 15.8 Å². The van der Waals surface area contributed by atoms with Gasteiger partial charge in [0.15, 0.2) is 5.82 Å². The van der Waals surface area contributed by atoms with Crippen LogP contribution in [0.25, 0.3) is 0 Å². The molecule has 0 aliphatic heterocycles. The number of aromatic nitrogens is 2. The van der Waals surface area contributed by atoms with E-state index < -0.39 is 0 Å². The number of rotatable bonds is 6. The molecule has 0 spiro atoms. The van der Waals surface area contributed by atoms with Crippen molar-refractivity contribution < 1.29 is 4.74 Å². The number of hydrogen-bond donors (Lipinski definition) is 2. The molecule has 0 bridgehead atoms. The number of methoxy groups -OCH3 is 1. The second-order valence-corrected chi connectivity index (χ2v) is 4.56. The van der Waals surface area contributed by atoms with Crippen LogP contribution < -0.4 is 11.1 Å². The van der Waals surface area contributed by atoms with E-state index in [1.165, 1.54) is 19.3 Å². The summed E-state index contributed by atoms with van der Waals surface area (Å²) in [6.07, 6.45) is 3.75. The maximum atomic E-state index is 5.73. The summed E-state index contributed by atoms with van der Waals surface area (Å²) >= 11 is 0. The van der Waals surface area contributed by atoms with Gasteiger partial charge in [-0.05, 0) is 18.8 Å². The largest absolute Gasteiger partial charge is 0.384 e. The van der Waals surface area contributed by atoms with Gasteiger partial charge in [-0.3, -0.25) is 0 Å². The van der Waals surface area contributed by atoms with Crippen molar-refractivity contribution in [3.63, 3.8) is 0 Å². The zero-order valence-electron chi connectivity index (χ0n) is 10.4. The average Bonchev–Trinajstić information content (AvgIpc) is 2.96. The van der Waals surface area contributed by atoms with Crippen molar-refractivity contribution in [2.75, 3.05) is 18.2 Å². The molecule has 1 aliphatic carbocycles. The van der Waals surface area contributed by atoms with Crippen molar-refractivity contribution in [2.24, 2.45) is 5.92 Å². The van der Waals surface area contributed by atoms with Gasteiger partial charge in [0.25, 0.3) is 0 Å². The van der Waals surface area contributed by atoms with Crippen molar-refractivity contribution in [3.05, 3.63) is 11.9 Å². The average molecular weight is 236 g/mol. The Kier molecular flexibility index (Phi) is 3.78. The van der Waals surface area contributed by atoms with Gasteiger partial charge in [0.1, 0.15) is 18.2 Å². The Bertz CT molecular complexity index is 383. The molecule has 3 N–H and O–H groups in total. The van der Waals surface area contributed by atoms with E-state index in [0.29, 0.717) is 24.3 Å². The summed E-state index contributed by atoms with van der Waals surface area (Å²) in [5.74, 6) is 2.72. The van der Waals surface area contributed by atoms with Crippen molar-refractivity contribution in [1.82, 2.24) is 9.97 Å². The topological polar surface area (TPSA) is 73.1 Å². The molecule has 0 radical (unpaired) electrons. The molecule has 5 heteroatoms. The van der Waals surface area contributed by atoms with Gasteiger partial charge in [-0.25, -0.2) is 9.97 Å². The van der Waals surface area contributed by atoms with Crippen LogP contribution in [0.5, 0.6) is 0 Å². The van der Waals surface area contributed by atoms with E-state index in [9.17, 15) is 0 Å². The molecule has 1 fully saturated rings. The zero-order valence-corrected chi connectivity index (χ0v) is 10.4. The molecule has 2 unspecified atom stereocenters. The molecule has 94 valence electrons. The van der Waals surface area contributed by atoms with E-state index in [1.54, 1.807) is 13.2 Å². The third-order valence-corrected chi connectivity index (χ3v) is 2.98. The van der Waals surface area contributed by atoms with Gasteiger partial charge in [0.2, 0.25) is 0 Å².